The number of urea groups is 1. The summed E-state index contributed by atoms with van der Waals surface area (Å²) in [5.74, 6) is -0.323. The summed E-state index contributed by atoms with van der Waals surface area (Å²) >= 11 is 5.91. The van der Waals surface area contributed by atoms with Gasteiger partial charge >= 0.3 is 6.03 Å². The zero-order chi connectivity index (χ0) is 23.9. The van der Waals surface area contributed by atoms with Crippen molar-refractivity contribution in [3.8, 4) is 0 Å². The lowest BCUT2D eigenvalue weighted by molar-refractivity contribution is -0.122. The van der Waals surface area contributed by atoms with E-state index in [1.54, 1.807) is 24.3 Å². The van der Waals surface area contributed by atoms with Crippen LogP contribution in [0.1, 0.15) is 36.4 Å². The van der Waals surface area contributed by atoms with Crippen molar-refractivity contribution in [2.45, 2.75) is 32.2 Å². The van der Waals surface area contributed by atoms with E-state index in [0.717, 1.165) is 29.9 Å². The molecule has 1 aliphatic heterocycles. The van der Waals surface area contributed by atoms with Gasteiger partial charge in [-0.05, 0) is 67.3 Å². The van der Waals surface area contributed by atoms with Gasteiger partial charge in [-0.15, -0.1) is 0 Å². The predicted octanol–water partition coefficient (Wildman–Crippen LogP) is 4.92. The van der Waals surface area contributed by atoms with Crippen LogP contribution >= 0.6 is 11.6 Å². The van der Waals surface area contributed by atoms with Crippen LogP contribution in [0.25, 0.3) is 0 Å². The topological polar surface area (TPSA) is 85.8 Å². The fourth-order valence-corrected chi connectivity index (χ4v) is 4.05. The second-order valence-electron chi connectivity index (χ2n) is 8.33. The fourth-order valence-electron chi connectivity index (χ4n) is 3.93. The van der Waals surface area contributed by atoms with Crippen LogP contribution in [0.2, 0.25) is 5.02 Å². The number of benzene rings is 2. The summed E-state index contributed by atoms with van der Waals surface area (Å²) in [6, 6.07) is 12.9. The van der Waals surface area contributed by atoms with Crippen LogP contribution in [0, 0.1) is 6.92 Å². The van der Waals surface area contributed by atoms with E-state index in [9.17, 15) is 9.59 Å². The summed E-state index contributed by atoms with van der Waals surface area (Å²) < 4.78 is 0. The van der Waals surface area contributed by atoms with Crippen molar-refractivity contribution in [3.05, 3.63) is 88.6 Å². The molecule has 176 valence electrons. The van der Waals surface area contributed by atoms with Crippen LogP contribution in [0.15, 0.2) is 77.6 Å². The van der Waals surface area contributed by atoms with Crippen LogP contribution < -0.4 is 16.0 Å². The first kappa shape index (κ1) is 23.6. The third-order valence-electron chi connectivity index (χ3n) is 5.75. The van der Waals surface area contributed by atoms with Gasteiger partial charge in [0.2, 0.25) is 0 Å². The van der Waals surface area contributed by atoms with Crippen LogP contribution in [0.3, 0.4) is 0 Å². The number of carbonyl (C=O) groups excluding carboxylic acids is 2. The van der Waals surface area contributed by atoms with Gasteiger partial charge in [0, 0.05) is 35.9 Å². The molecular formula is C26H28ClN5O2. The van der Waals surface area contributed by atoms with E-state index < -0.39 is 12.1 Å². The summed E-state index contributed by atoms with van der Waals surface area (Å²) in [5.41, 5.74) is 3.86. The molecule has 0 aromatic heterocycles. The first-order valence-electron chi connectivity index (χ1n) is 11.4. The van der Waals surface area contributed by atoms with E-state index in [2.05, 4.69) is 26.1 Å². The molecule has 2 aliphatic rings. The summed E-state index contributed by atoms with van der Waals surface area (Å²) in [5, 5.41) is 15.8. The van der Waals surface area contributed by atoms with Gasteiger partial charge in [0.15, 0.2) is 0 Å². The van der Waals surface area contributed by atoms with Crippen molar-refractivity contribution in [1.82, 2.24) is 15.6 Å². The molecule has 1 aliphatic carbocycles. The Bertz CT molecular complexity index is 1130. The van der Waals surface area contributed by atoms with E-state index in [4.69, 9.17) is 11.6 Å². The lowest BCUT2D eigenvalue weighted by Gasteiger charge is -2.22. The number of halogens is 1. The normalized spacial score (nSPS) is 17.3. The number of nitrogens with zero attached hydrogens (tertiary/aromatic N) is 2. The molecule has 3 N–H and O–H groups in total. The van der Waals surface area contributed by atoms with Crippen molar-refractivity contribution < 1.29 is 9.59 Å². The molecule has 2 aromatic rings. The highest BCUT2D eigenvalue weighted by molar-refractivity contribution is 6.30. The number of nitrogens with one attached hydrogen (secondary N) is 3. The molecule has 0 saturated carbocycles. The van der Waals surface area contributed by atoms with Gasteiger partial charge in [-0.25, -0.2) is 4.79 Å². The lowest BCUT2D eigenvalue weighted by Crippen LogP contribution is -2.42. The predicted molar refractivity (Wildman–Crippen MR) is 136 cm³/mol. The van der Waals surface area contributed by atoms with Crippen LogP contribution in [0.4, 0.5) is 10.5 Å². The van der Waals surface area contributed by atoms with Crippen molar-refractivity contribution in [2.24, 2.45) is 5.10 Å². The average Bonchev–Trinajstić information content (AvgIpc) is 3.34. The average molecular weight is 478 g/mol. The van der Waals surface area contributed by atoms with E-state index in [0.29, 0.717) is 22.8 Å². The Morgan fingerprint density at radius 2 is 1.74 bits per heavy atom. The Morgan fingerprint density at radius 3 is 2.41 bits per heavy atom. The molecule has 34 heavy (non-hydrogen) atoms. The number of anilines is 1. The third kappa shape index (κ3) is 6.26. The highest BCUT2D eigenvalue weighted by atomic mass is 35.5. The van der Waals surface area contributed by atoms with Gasteiger partial charge in [0.25, 0.3) is 5.91 Å². The molecule has 2 aromatic carbocycles. The van der Waals surface area contributed by atoms with E-state index >= 15 is 0 Å². The maximum absolute atomic E-state index is 13.3. The highest BCUT2D eigenvalue weighted by Gasteiger charge is 2.25. The number of amides is 3. The largest absolute Gasteiger partial charge is 0.324 e. The smallest absolute Gasteiger partial charge is 0.320 e. The molecule has 4 rings (SSSR count). The van der Waals surface area contributed by atoms with E-state index in [1.165, 1.54) is 12.8 Å². The minimum atomic E-state index is -0.873. The van der Waals surface area contributed by atoms with Gasteiger partial charge in [0.05, 0.1) is 5.71 Å². The van der Waals surface area contributed by atoms with Crippen LogP contribution in [0.5, 0.6) is 0 Å². The number of hydrogen-bond acceptors (Lipinski definition) is 4. The Balaban J connectivity index is 1.44. The Labute approximate surface area is 204 Å². The molecular weight excluding hydrogens is 450 g/mol. The number of hydrogen-bond donors (Lipinski definition) is 3. The van der Waals surface area contributed by atoms with Gasteiger partial charge in [-0.3, -0.25) is 9.80 Å². The quantitative estimate of drug-likeness (QED) is 0.551. The van der Waals surface area contributed by atoms with Gasteiger partial charge in [-0.2, -0.15) is 5.10 Å². The summed E-state index contributed by atoms with van der Waals surface area (Å²) in [6.45, 7) is 3.90. The first-order chi connectivity index (χ1) is 16.5. The standard InChI is InChI=1S/C26H28ClN5O2/c1-18-6-2-3-7-23(18)24(30-26(34)29-21-10-8-19(27)9-11-21)25(33)28-20-12-14-22(15-13-20)31-32-16-4-5-17-32/h2-3,6-14,24H,4-5,15-17H2,1H3,(H,28,33)(H2,29,30,34). The molecule has 1 saturated heterocycles. The number of carbonyl (C=O) groups is 2. The maximum atomic E-state index is 13.3. The Hall–Kier alpha value is -3.58. The SMILES string of the molecule is Cc1ccccc1C(NC(=O)Nc1ccc(Cl)cc1)C(=O)NC1=CCC(=NN2CCCC2)C=C1. The fraction of sp³-hybridized carbons (Fsp3) is 0.269. The summed E-state index contributed by atoms with van der Waals surface area (Å²) in [7, 11) is 0. The van der Waals surface area contributed by atoms with E-state index in [1.807, 2.05) is 49.4 Å². The van der Waals surface area contributed by atoms with Crippen molar-refractivity contribution >= 4 is 34.9 Å². The zero-order valence-corrected chi connectivity index (χ0v) is 19.8. The monoisotopic (exact) mass is 477 g/mol. The second kappa shape index (κ2) is 11.0. The van der Waals surface area contributed by atoms with Crippen LogP contribution in [-0.2, 0) is 4.79 Å². The highest BCUT2D eigenvalue weighted by Crippen LogP contribution is 2.20. The second-order valence-corrected chi connectivity index (χ2v) is 8.77. The van der Waals surface area contributed by atoms with Crippen molar-refractivity contribution in [2.75, 3.05) is 18.4 Å². The minimum Gasteiger partial charge on any atom is -0.324 e. The Kier molecular flexibility index (Phi) is 7.65. The number of rotatable bonds is 6. The molecule has 8 heteroatoms. The van der Waals surface area contributed by atoms with Crippen LogP contribution in [-0.4, -0.2) is 35.7 Å². The van der Waals surface area contributed by atoms with Crippen molar-refractivity contribution in [3.63, 3.8) is 0 Å². The third-order valence-corrected chi connectivity index (χ3v) is 6.00. The van der Waals surface area contributed by atoms with E-state index in [-0.39, 0.29) is 5.91 Å². The molecule has 0 spiro atoms. The minimum absolute atomic E-state index is 0.323. The van der Waals surface area contributed by atoms with Gasteiger partial charge in [-0.1, -0.05) is 41.9 Å². The summed E-state index contributed by atoms with van der Waals surface area (Å²) in [6.07, 6.45) is 8.71. The van der Waals surface area contributed by atoms with Gasteiger partial charge < -0.3 is 16.0 Å². The first-order valence-corrected chi connectivity index (χ1v) is 11.8. The molecule has 1 atom stereocenters. The zero-order valence-electron chi connectivity index (χ0n) is 19.1. The molecule has 0 bridgehead atoms. The number of aryl methyl sites for hydroxylation is 1. The molecule has 1 heterocycles. The van der Waals surface area contributed by atoms with Crippen molar-refractivity contribution in [1.29, 1.82) is 0 Å². The molecule has 1 unspecified atom stereocenters. The lowest BCUT2D eigenvalue weighted by atomic mass is 10.0. The molecule has 3 amide bonds. The number of hydrazone groups is 1. The summed E-state index contributed by atoms with van der Waals surface area (Å²) in [4.78, 5) is 26.0. The molecule has 7 nitrogen and oxygen atoms in total. The van der Waals surface area contributed by atoms with Gasteiger partial charge in [0.1, 0.15) is 6.04 Å². The maximum Gasteiger partial charge on any atom is 0.320 e. The molecule has 1 fully saturated rings. The molecule has 0 radical (unpaired) electrons. The Morgan fingerprint density at radius 1 is 1.00 bits per heavy atom. The number of allylic oxidation sites excluding steroid dienone is 3.